The second kappa shape index (κ2) is 5.62. The SMILES string of the molecule is Cn1ncc(Cl)c1S(=O)(=O)NCc1cccc(Br)c1. The normalized spacial score (nSPS) is 11.7. The number of aromatic nitrogens is 2. The monoisotopic (exact) mass is 363 g/mol. The molecule has 0 radical (unpaired) electrons. The van der Waals surface area contributed by atoms with Crippen molar-refractivity contribution >= 4 is 37.6 Å². The van der Waals surface area contributed by atoms with Crippen molar-refractivity contribution in [1.82, 2.24) is 14.5 Å². The van der Waals surface area contributed by atoms with Crippen molar-refractivity contribution in [1.29, 1.82) is 0 Å². The van der Waals surface area contributed by atoms with Crippen LogP contribution in [0, 0.1) is 0 Å². The highest BCUT2D eigenvalue weighted by Crippen LogP contribution is 2.20. The van der Waals surface area contributed by atoms with Gasteiger partial charge in [0.25, 0.3) is 10.0 Å². The van der Waals surface area contributed by atoms with Gasteiger partial charge >= 0.3 is 0 Å². The van der Waals surface area contributed by atoms with Gasteiger partial charge in [-0.25, -0.2) is 13.1 Å². The second-order valence-electron chi connectivity index (χ2n) is 3.88. The molecule has 0 bridgehead atoms. The van der Waals surface area contributed by atoms with E-state index in [9.17, 15) is 8.42 Å². The van der Waals surface area contributed by atoms with Crippen molar-refractivity contribution in [2.75, 3.05) is 0 Å². The molecule has 5 nitrogen and oxygen atoms in total. The number of hydrogen-bond acceptors (Lipinski definition) is 3. The Hall–Kier alpha value is -0.890. The molecule has 1 aromatic carbocycles. The molecule has 1 aromatic heterocycles. The minimum Gasteiger partial charge on any atom is -0.255 e. The third-order valence-corrected chi connectivity index (χ3v) is 4.85. The van der Waals surface area contributed by atoms with Crippen molar-refractivity contribution in [2.24, 2.45) is 7.05 Å². The molecule has 0 saturated carbocycles. The summed E-state index contributed by atoms with van der Waals surface area (Å²) in [5, 5.41) is 3.87. The molecule has 0 spiro atoms. The highest BCUT2D eigenvalue weighted by atomic mass is 79.9. The number of nitrogens with one attached hydrogen (secondary N) is 1. The molecule has 0 fully saturated rings. The average Bonchev–Trinajstić information content (AvgIpc) is 2.67. The van der Waals surface area contributed by atoms with E-state index in [1.165, 1.54) is 17.9 Å². The smallest absolute Gasteiger partial charge is 0.255 e. The lowest BCUT2D eigenvalue weighted by Gasteiger charge is -2.07. The zero-order chi connectivity index (χ0) is 14.0. The molecule has 0 atom stereocenters. The van der Waals surface area contributed by atoms with E-state index in [0.717, 1.165) is 10.0 Å². The van der Waals surface area contributed by atoms with Gasteiger partial charge in [0.1, 0.15) is 0 Å². The van der Waals surface area contributed by atoms with Crippen LogP contribution in [0.15, 0.2) is 40.0 Å². The Balaban J connectivity index is 2.19. The molecule has 2 rings (SSSR count). The second-order valence-corrected chi connectivity index (χ2v) is 6.88. The Kier molecular flexibility index (Phi) is 4.29. The number of nitrogens with zero attached hydrogens (tertiary/aromatic N) is 2. The summed E-state index contributed by atoms with van der Waals surface area (Å²) in [6, 6.07) is 7.38. The molecule has 2 aromatic rings. The summed E-state index contributed by atoms with van der Waals surface area (Å²) in [4.78, 5) is 0. The van der Waals surface area contributed by atoms with Gasteiger partial charge in [0.15, 0.2) is 5.03 Å². The summed E-state index contributed by atoms with van der Waals surface area (Å²) < 4.78 is 28.9. The molecule has 0 aliphatic rings. The van der Waals surface area contributed by atoms with Crippen LogP contribution >= 0.6 is 27.5 Å². The van der Waals surface area contributed by atoms with E-state index >= 15 is 0 Å². The largest absolute Gasteiger partial charge is 0.259 e. The van der Waals surface area contributed by atoms with Gasteiger partial charge < -0.3 is 0 Å². The molecule has 0 saturated heterocycles. The van der Waals surface area contributed by atoms with Crippen LogP contribution in [0.25, 0.3) is 0 Å². The van der Waals surface area contributed by atoms with Gasteiger partial charge in [-0.15, -0.1) is 0 Å². The maximum atomic E-state index is 12.1. The number of hydrogen-bond donors (Lipinski definition) is 1. The van der Waals surface area contributed by atoms with Crippen molar-refractivity contribution in [3.8, 4) is 0 Å². The maximum absolute atomic E-state index is 12.1. The number of benzene rings is 1. The van der Waals surface area contributed by atoms with Crippen molar-refractivity contribution in [3.05, 3.63) is 45.5 Å². The van der Waals surface area contributed by atoms with Crippen LogP contribution in [0.1, 0.15) is 5.56 Å². The van der Waals surface area contributed by atoms with Crippen molar-refractivity contribution in [3.63, 3.8) is 0 Å². The molecule has 102 valence electrons. The van der Waals surface area contributed by atoms with Crippen LogP contribution in [-0.2, 0) is 23.6 Å². The van der Waals surface area contributed by atoms with Gasteiger partial charge in [0.2, 0.25) is 0 Å². The number of halogens is 2. The molecule has 0 aliphatic carbocycles. The fraction of sp³-hybridized carbons (Fsp3) is 0.182. The van der Waals surface area contributed by atoms with E-state index in [-0.39, 0.29) is 16.6 Å². The Morgan fingerprint density at radius 2 is 2.21 bits per heavy atom. The quantitative estimate of drug-likeness (QED) is 0.905. The van der Waals surface area contributed by atoms with Crippen molar-refractivity contribution in [2.45, 2.75) is 11.6 Å². The Morgan fingerprint density at radius 1 is 1.47 bits per heavy atom. The summed E-state index contributed by atoms with van der Waals surface area (Å²) in [6.07, 6.45) is 1.30. The minimum absolute atomic E-state index is 0.0378. The first kappa shape index (κ1) is 14.5. The summed E-state index contributed by atoms with van der Waals surface area (Å²) in [7, 11) is -2.16. The molecule has 0 amide bonds. The zero-order valence-corrected chi connectivity index (χ0v) is 13.1. The van der Waals surface area contributed by atoms with E-state index in [0.29, 0.717) is 0 Å². The van der Waals surface area contributed by atoms with Gasteiger partial charge in [0.05, 0.1) is 11.2 Å². The maximum Gasteiger partial charge on any atom is 0.259 e. The lowest BCUT2D eigenvalue weighted by molar-refractivity contribution is 0.563. The van der Waals surface area contributed by atoms with Crippen LogP contribution in [0.3, 0.4) is 0 Å². The zero-order valence-electron chi connectivity index (χ0n) is 9.97. The van der Waals surface area contributed by atoms with Crippen LogP contribution in [0.2, 0.25) is 5.02 Å². The lowest BCUT2D eigenvalue weighted by atomic mass is 10.2. The molecule has 0 unspecified atom stereocenters. The molecule has 1 heterocycles. The van der Waals surface area contributed by atoms with Crippen LogP contribution < -0.4 is 4.72 Å². The van der Waals surface area contributed by atoms with Gasteiger partial charge in [-0.1, -0.05) is 39.7 Å². The number of rotatable bonds is 4. The standard InChI is InChI=1S/C11H11BrClN3O2S/c1-16-11(10(13)7-14-16)19(17,18)15-6-8-3-2-4-9(12)5-8/h2-5,7,15H,6H2,1H3. The fourth-order valence-electron chi connectivity index (χ4n) is 1.60. The van der Waals surface area contributed by atoms with E-state index in [1.54, 1.807) is 0 Å². The first-order valence-electron chi connectivity index (χ1n) is 5.32. The molecule has 1 N–H and O–H groups in total. The predicted molar refractivity (Wildman–Crippen MR) is 76.4 cm³/mol. The lowest BCUT2D eigenvalue weighted by Crippen LogP contribution is -2.25. The Morgan fingerprint density at radius 3 is 2.79 bits per heavy atom. The first-order chi connectivity index (χ1) is 8.90. The van der Waals surface area contributed by atoms with Crippen molar-refractivity contribution < 1.29 is 8.42 Å². The Labute approximate surface area is 124 Å². The molecule has 8 heteroatoms. The van der Waals surface area contributed by atoms with Crippen LogP contribution in [0.5, 0.6) is 0 Å². The predicted octanol–water partition coefficient (Wildman–Crippen LogP) is 2.31. The van der Waals surface area contributed by atoms with E-state index < -0.39 is 10.0 Å². The molecular formula is C11H11BrClN3O2S. The molecular weight excluding hydrogens is 354 g/mol. The van der Waals surface area contributed by atoms with Gasteiger partial charge in [-0.2, -0.15) is 5.10 Å². The summed E-state index contributed by atoms with van der Waals surface area (Å²) in [6.45, 7) is 0.184. The average molecular weight is 365 g/mol. The van der Waals surface area contributed by atoms with Gasteiger partial charge in [0, 0.05) is 18.1 Å². The number of sulfonamides is 1. The van der Waals surface area contributed by atoms with Gasteiger partial charge in [-0.3, -0.25) is 4.68 Å². The third-order valence-electron chi connectivity index (χ3n) is 2.45. The minimum atomic E-state index is -3.69. The first-order valence-corrected chi connectivity index (χ1v) is 7.97. The number of aryl methyl sites for hydroxylation is 1. The van der Waals surface area contributed by atoms with Crippen LogP contribution in [0.4, 0.5) is 0 Å². The third kappa shape index (κ3) is 3.36. The molecule has 0 aliphatic heterocycles. The van der Waals surface area contributed by atoms with Crippen LogP contribution in [-0.4, -0.2) is 18.2 Å². The fourth-order valence-corrected chi connectivity index (χ4v) is 3.71. The molecule has 19 heavy (non-hydrogen) atoms. The highest BCUT2D eigenvalue weighted by molar-refractivity contribution is 9.10. The highest BCUT2D eigenvalue weighted by Gasteiger charge is 2.22. The van der Waals surface area contributed by atoms with E-state index in [2.05, 4.69) is 25.8 Å². The van der Waals surface area contributed by atoms with Gasteiger partial charge in [-0.05, 0) is 17.7 Å². The summed E-state index contributed by atoms with van der Waals surface area (Å²) in [5.41, 5.74) is 0.844. The van der Waals surface area contributed by atoms with E-state index in [4.69, 9.17) is 11.6 Å². The summed E-state index contributed by atoms with van der Waals surface area (Å²) >= 11 is 9.16. The summed E-state index contributed by atoms with van der Waals surface area (Å²) in [5.74, 6) is 0. The van der Waals surface area contributed by atoms with E-state index in [1.807, 2.05) is 24.3 Å². The topological polar surface area (TPSA) is 64.0 Å². The Bertz CT molecular complexity index is 680.